The molecule has 7 heteroatoms. The lowest BCUT2D eigenvalue weighted by molar-refractivity contribution is -0.115. The summed E-state index contributed by atoms with van der Waals surface area (Å²) in [4.78, 5) is 28.1. The number of carbonyl (C=O) groups is 2. The Morgan fingerprint density at radius 1 is 1.12 bits per heavy atom. The summed E-state index contributed by atoms with van der Waals surface area (Å²) in [5, 5.41) is 6.02. The maximum absolute atomic E-state index is 12.2. The molecule has 5 nitrogen and oxygen atoms in total. The van der Waals surface area contributed by atoms with E-state index in [1.54, 1.807) is 36.4 Å². The molecule has 0 atom stereocenters. The number of hydrogen-bond acceptors (Lipinski definition) is 4. The number of nitrogens with zero attached hydrogens (tertiary/aromatic N) is 1. The van der Waals surface area contributed by atoms with Crippen molar-refractivity contribution in [1.82, 2.24) is 4.98 Å². The van der Waals surface area contributed by atoms with Crippen molar-refractivity contribution in [3.63, 3.8) is 0 Å². The minimum atomic E-state index is -0.588. The van der Waals surface area contributed by atoms with Crippen molar-refractivity contribution in [3.05, 3.63) is 70.2 Å². The first kappa shape index (κ1) is 17.1. The highest BCUT2D eigenvalue weighted by molar-refractivity contribution is 7.13. The third-order valence-corrected chi connectivity index (χ3v) is 4.64. The lowest BCUT2D eigenvalue weighted by atomic mass is 10.1. The van der Waals surface area contributed by atoms with E-state index in [4.69, 9.17) is 17.3 Å². The molecule has 0 aliphatic carbocycles. The fourth-order valence-electron chi connectivity index (χ4n) is 2.28. The minimum Gasteiger partial charge on any atom is -0.366 e. The summed E-state index contributed by atoms with van der Waals surface area (Å²) in [6.07, 6.45) is 0.108. The highest BCUT2D eigenvalue weighted by Gasteiger charge is 2.13. The minimum absolute atomic E-state index is 0.108. The predicted octanol–water partition coefficient (Wildman–Crippen LogP) is 3.74. The molecule has 0 spiro atoms. The number of benzene rings is 2. The van der Waals surface area contributed by atoms with Crippen LogP contribution in [0.15, 0.2) is 53.9 Å². The molecule has 3 rings (SSSR count). The molecular weight excluding hydrogens is 358 g/mol. The van der Waals surface area contributed by atoms with Gasteiger partial charge in [0.05, 0.1) is 23.4 Å². The smallest absolute Gasteiger partial charge is 0.250 e. The Bertz CT molecular complexity index is 922. The van der Waals surface area contributed by atoms with Gasteiger partial charge in [-0.25, -0.2) is 4.98 Å². The Kier molecular flexibility index (Phi) is 5.11. The molecule has 0 aliphatic heterocycles. The molecule has 2 aromatic carbocycles. The number of halogens is 1. The average Bonchev–Trinajstić information content (AvgIpc) is 3.04. The molecule has 0 aliphatic rings. The number of nitrogens with two attached hydrogens (primary N) is 1. The Labute approximate surface area is 153 Å². The summed E-state index contributed by atoms with van der Waals surface area (Å²) in [5.41, 5.74) is 7.58. The topological polar surface area (TPSA) is 85.1 Å². The quantitative estimate of drug-likeness (QED) is 0.716. The maximum atomic E-state index is 12.2. The number of amides is 2. The molecule has 3 N–H and O–H groups in total. The molecule has 0 radical (unpaired) electrons. The predicted molar refractivity (Wildman–Crippen MR) is 99.9 cm³/mol. The maximum Gasteiger partial charge on any atom is 0.250 e. The number of hydrogen-bond donors (Lipinski definition) is 2. The first-order valence-electron chi connectivity index (χ1n) is 7.42. The molecule has 1 heterocycles. The SMILES string of the molecule is NC(=O)c1ccccc1NC(=O)Cc1csc(-c2ccc(Cl)cc2)n1. The van der Waals surface area contributed by atoms with Gasteiger partial charge in [0.2, 0.25) is 5.91 Å². The van der Waals surface area contributed by atoms with Crippen LogP contribution in [0.1, 0.15) is 16.1 Å². The van der Waals surface area contributed by atoms with Crippen LogP contribution < -0.4 is 11.1 Å². The zero-order valence-electron chi connectivity index (χ0n) is 13.0. The summed E-state index contributed by atoms with van der Waals surface area (Å²) in [5.74, 6) is -0.851. The van der Waals surface area contributed by atoms with Gasteiger partial charge in [0.25, 0.3) is 5.91 Å². The Balaban J connectivity index is 1.70. The van der Waals surface area contributed by atoms with E-state index in [0.29, 0.717) is 16.4 Å². The normalized spacial score (nSPS) is 10.4. The summed E-state index contributed by atoms with van der Waals surface area (Å²) >= 11 is 7.34. The summed E-state index contributed by atoms with van der Waals surface area (Å²) in [6, 6.07) is 14.0. The third kappa shape index (κ3) is 4.23. The number of thiazole rings is 1. The molecule has 2 amide bonds. The van der Waals surface area contributed by atoms with Crippen molar-refractivity contribution in [2.75, 3.05) is 5.32 Å². The van der Waals surface area contributed by atoms with E-state index in [-0.39, 0.29) is 17.9 Å². The van der Waals surface area contributed by atoms with Crippen molar-refractivity contribution in [1.29, 1.82) is 0 Å². The first-order valence-corrected chi connectivity index (χ1v) is 8.68. The van der Waals surface area contributed by atoms with E-state index >= 15 is 0 Å². The van der Waals surface area contributed by atoms with Gasteiger partial charge in [-0.1, -0.05) is 35.9 Å². The van der Waals surface area contributed by atoms with E-state index in [1.807, 2.05) is 17.5 Å². The zero-order valence-corrected chi connectivity index (χ0v) is 14.6. The monoisotopic (exact) mass is 371 g/mol. The number of rotatable bonds is 5. The molecule has 0 fully saturated rings. The van der Waals surface area contributed by atoms with Gasteiger partial charge in [-0.15, -0.1) is 11.3 Å². The molecule has 0 unspecified atom stereocenters. The number of primary amides is 1. The van der Waals surface area contributed by atoms with Crippen LogP contribution in [0.2, 0.25) is 5.02 Å². The molecule has 3 aromatic rings. The number of anilines is 1. The van der Waals surface area contributed by atoms with Gasteiger partial charge >= 0.3 is 0 Å². The number of nitrogens with one attached hydrogen (secondary N) is 1. The van der Waals surface area contributed by atoms with Gasteiger partial charge < -0.3 is 11.1 Å². The fourth-order valence-corrected chi connectivity index (χ4v) is 3.23. The lowest BCUT2D eigenvalue weighted by Gasteiger charge is -2.07. The van der Waals surface area contributed by atoms with Gasteiger partial charge in [-0.3, -0.25) is 9.59 Å². The van der Waals surface area contributed by atoms with Gasteiger partial charge in [0.1, 0.15) is 5.01 Å². The van der Waals surface area contributed by atoms with Crippen LogP contribution in [0.3, 0.4) is 0 Å². The molecule has 1 aromatic heterocycles. The second-order valence-electron chi connectivity index (χ2n) is 5.29. The van der Waals surface area contributed by atoms with Crippen LogP contribution >= 0.6 is 22.9 Å². The van der Waals surface area contributed by atoms with Crippen molar-refractivity contribution < 1.29 is 9.59 Å². The van der Waals surface area contributed by atoms with Crippen LogP contribution in [-0.2, 0) is 11.2 Å². The van der Waals surface area contributed by atoms with E-state index in [1.165, 1.54) is 11.3 Å². The average molecular weight is 372 g/mol. The Morgan fingerprint density at radius 2 is 1.84 bits per heavy atom. The van der Waals surface area contributed by atoms with E-state index in [2.05, 4.69) is 10.3 Å². The fraction of sp³-hybridized carbons (Fsp3) is 0.0556. The van der Waals surface area contributed by atoms with Gasteiger partial charge in [-0.05, 0) is 24.3 Å². The largest absolute Gasteiger partial charge is 0.366 e. The zero-order chi connectivity index (χ0) is 17.8. The highest BCUT2D eigenvalue weighted by Crippen LogP contribution is 2.25. The number of aromatic nitrogens is 1. The number of para-hydroxylation sites is 1. The summed E-state index contributed by atoms with van der Waals surface area (Å²) < 4.78 is 0. The second-order valence-corrected chi connectivity index (χ2v) is 6.58. The third-order valence-electron chi connectivity index (χ3n) is 3.45. The molecule has 0 saturated heterocycles. The van der Waals surface area contributed by atoms with Crippen LogP contribution in [0, 0.1) is 0 Å². The number of carbonyl (C=O) groups excluding carboxylic acids is 2. The molecule has 0 saturated carbocycles. The van der Waals surface area contributed by atoms with Crippen LogP contribution in [0.5, 0.6) is 0 Å². The molecule has 25 heavy (non-hydrogen) atoms. The van der Waals surface area contributed by atoms with Crippen molar-refractivity contribution in [3.8, 4) is 10.6 Å². The van der Waals surface area contributed by atoms with Gasteiger partial charge in [-0.2, -0.15) is 0 Å². The Hall–Kier alpha value is -2.70. The summed E-state index contributed by atoms with van der Waals surface area (Å²) in [7, 11) is 0. The van der Waals surface area contributed by atoms with Crippen LogP contribution in [0.4, 0.5) is 5.69 Å². The van der Waals surface area contributed by atoms with Gasteiger partial charge in [0, 0.05) is 16.0 Å². The van der Waals surface area contributed by atoms with E-state index in [9.17, 15) is 9.59 Å². The second kappa shape index (κ2) is 7.46. The lowest BCUT2D eigenvalue weighted by Crippen LogP contribution is -2.19. The van der Waals surface area contributed by atoms with Crippen LogP contribution in [0.25, 0.3) is 10.6 Å². The summed E-state index contributed by atoms with van der Waals surface area (Å²) in [6.45, 7) is 0. The standard InChI is InChI=1S/C18H14ClN3O2S/c19-12-7-5-11(6-8-12)18-21-13(10-25-18)9-16(23)22-15-4-2-1-3-14(15)17(20)24/h1-8,10H,9H2,(H2,20,24)(H,22,23). The Morgan fingerprint density at radius 3 is 2.56 bits per heavy atom. The van der Waals surface area contributed by atoms with E-state index < -0.39 is 5.91 Å². The first-order chi connectivity index (χ1) is 12.0. The molecule has 126 valence electrons. The van der Waals surface area contributed by atoms with Gasteiger partial charge in [0.15, 0.2) is 0 Å². The van der Waals surface area contributed by atoms with Crippen molar-refractivity contribution in [2.45, 2.75) is 6.42 Å². The van der Waals surface area contributed by atoms with Crippen LogP contribution in [-0.4, -0.2) is 16.8 Å². The van der Waals surface area contributed by atoms with Crippen molar-refractivity contribution >= 4 is 40.4 Å². The molecule has 0 bridgehead atoms. The highest BCUT2D eigenvalue weighted by atomic mass is 35.5. The van der Waals surface area contributed by atoms with E-state index in [0.717, 1.165) is 10.6 Å². The molecular formula is C18H14ClN3O2S. The van der Waals surface area contributed by atoms with Crippen molar-refractivity contribution in [2.24, 2.45) is 5.73 Å².